The van der Waals surface area contributed by atoms with Crippen LogP contribution in [0.5, 0.6) is 0 Å². The zero-order valence-electron chi connectivity index (χ0n) is 12.0. The minimum absolute atomic E-state index is 0.154. The molecule has 0 saturated carbocycles. The Hall–Kier alpha value is -2.12. The van der Waals surface area contributed by atoms with Crippen LogP contribution in [-0.2, 0) is 4.79 Å². The zero-order valence-corrected chi connectivity index (χ0v) is 14.4. The molecule has 0 aliphatic heterocycles. The van der Waals surface area contributed by atoms with Crippen LogP contribution in [0.2, 0.25) is 0 Å². The summed E-state index contributed by atoms with van der Waals surface area (Å²) in [4.78, 5) is 11.1. The third-order valence-electron chi connectivity index (χ3n) is 3.11. The molecule has 116 valence electrons. The number of halogens is 1. The average Bonchev–Trinajstić information content (AvgIpc) is 2.98. The van der Waals surface area contributed by atoms with Gasteiger partial charge in [0.05, 0.1) is 5.75 Å². The minimum Gasteiger partial charge on any atom is -0.369 e. The van der Waals surface area contributed by atoms with E-state index in [0.717, 1.165) is 15.7 Å². The summed E-state index contributed by atoms with van der Waals surface area (Å²) in [7, 11) is 0. The Morgan fingerprint density at radius 1 is 1.09 bits per heavy atom. The van der Waals surface area contributed by atoms with Gasteiger partial charge in [0, 0.05) is 15.7 Å². The molecule has 2 aromatic carbocycles. The van der Waals surface area contributed by atoms with Crippen molar-refractivity contribution in [3.8, 4) is 17.1 Å². The third-order valence-corrected chi connectivity index (χ3v) is 4.75. The topological polar surface area (TPSA) is 73.8 Å². The van der Waals surface area contributed by atoms with Crippen LogP contribution >= 0.6 is 27.7 Å². The standard InChI is InChI=1S/C16H13BrN4OS/c17-13-9-5-4-8-12(13)15-19-20-16(23-10-14(18)22)21(15)11-6-2-1-3-7-11/h1-9H,10H2,(H2,18,22). The highest BCUT2D eigenvalue weighted by molar-refractivity contribution is 9.10. The molecule has 0 spiro atoms. The molecule has 0 aliphatic carbocycles. The molecular weight excluding hydrogens is 376 g/mol. The summed E-state index contributed by atoms with van der Waals surface area (Å²) in [6.07, 6.45) is 0. The number of benzene rings is 2. The van der Waals surface area contributed by atoms with E-state index in [0.29, 0.717) is 11.0 Å². The number of primary amides is 1. The first-order valence-electron chi connectivity index (χ1n) is 6.83. The molecule has 5 nitrogen and oxygen atoms in total. The Labute approximate surface area is 146 Å². The lowest BCUT2D eigenvalue weighted by Gasteiger charge is -2.10. The van der Waals surface area contributed by atoms with Crippen molar-refractivity contribution in [1.82, 2.24) is 14.8 Å². The first kappa shape index (κ1) is 15.8. The maximum absolute atomic E-state index is 11.1. The van der Waals surface area contributed by atoms with Crippen molar-refractivity contribution in [2.75, 3.05) is 5.75 Å². The minimum atomic E-state index is -0.389. The molecule has 0 radical (unpaired) electrons. The Balaban J connectivity index is 2.14. The van der Waals surface area contributed by atoms with Crippen LogP contribution < -0.4 is 5.73 Å². The summed E-state index contributed by atoms with van der Waals surface area (Å²) in [5.41, 5.74) is 7.10. The van der Waals surface area contributed by atoms with Gasteiger partial charge in [0.15, 0.2) is 11.0 Å². The van der Waals surface area contributed by atoms with Gasteiger partial charge in [-0.05, 0) is 18.2 Å². The van der Waals surface area contributed by atoms with Crippen molar-refractivity contribution in [2.24, 2.45) is 5.73 Å². The fraction of sp³-hybridized carbons (Fsp3) is 0.0625. The lowest BCUT2D eigenvalue weighted by molar-refractivity contribution is -0.115. The molecule has 0 bridgehead atoms. The van der Waals surface area contributed by atoms with Crippen LogP contribution in [-0.4, -0.2) is 26.4 Å². The number of amides is 1. The molecule has 23 heavy (non-hydrogen) atoms. The molecule has 0 fully saturated rings. The largest absolute Gasteiger partial charge is 0.369 e. The second-order valence-corrected chi connectivity index (χ2v) is 6.51. The summed E-state index contributed by atoms with van der Waals surface area (Å²) < 4.78 is 2.85. The van der Waals surface area contributed by atoms with E-state index >= 15 is 0 Å². The maximum atomic E-state index is 11.1. The Morgan fingerprint density at radius 2 is 1.78 bits per heavy atom. The van der Waals surface area contributed by atoms with Crippen LogP contribution in [0, 0.1) is 0 Å². The fourth-order valence-electron chi connectivity index (χ4n) is 2.13. The predicted molar refractivity (Wildman–Crippen MR) is 94.4 cm³/mol. The summed E-state index contributed by atoms with van der Waals surface area (Å²) in [5, 5.41) is 9.17. The van der Waals surface area contributed by atoms with Crippen molar-refractivity contribution < 1.29 is 4.79 Å². The highest BCUT2D eigenvalue weighted by atomic mass is 79.9. The third kappa shape index (κ3) is 3.46. The second-order valence-electron chi connectivity index (χ2n) is 4.71. The molecule has 0 atom stereocenters. The smallest absolute Gasteiger partial charge is 0.227 e. The van der Waals surface area contributed by atoms with Gasteiger partial charge in [-0.3, -0.25) is 9.36 Å². The van der Waals surface area contributed by atoms with E-state index in [1.54, 1.807) is 0 Å². The normalized spacial score (nSPS) is 10.7. The SMILES string of the molecule is NC(=O)CSc1nnc(-c2ccccc2Br)n1-c1ccccc1. The Morgan fingerprint density at radius 3 is 2.48 bits per heavy atom. The number of nitrogens with two attached hydrogens (primary N) is 1. The van der Waals surface area contributed by atoms with Gasteiger partial charge in [-0.25, -0.2) is 0 Å². The number of hydrogen-bond acceptors (Lipinski definition) is 4. The van der Waals surface area contributed by atoms with Crippen molar-refractivity contribution >= 4 is 33.6 Å². The molecule has 0 saturated heterocycles. The summed E-state index contributed by atoms with van der Waals surface area (Å²) in [6, 6.07) is 17.6. The second kappa shape index (κ2) is 6.97. The lowest BCUT2D eigenvalue weighted by atomic mass is 10.2. The van der Waals surface area contributed by atoms with E-state index in [1.165, 1.54) is 11.8 Å². The van der Waals surface area contributed by atoms with E-state index in [-0.39, 0.29) is 11.7 Å². The summed E-state index contributed by atoms with van der Waals surface area (Å²) in [5.74, 6) is 0.469. The number of rotatable bonds is 5. The van der Waals surface area contributed by atoms with E-state index in [9.17, 15) is 4.79 Å². The highest BCUT2D eigenvalue weighted by Crippen LogP contribution is 2.31. The lowest BCUT2D eigenvalue weighted by Crippen LogP contribution is -2.13. The predicted octanol–water partition coefficient (Wildman–Crippen LogP) is 3.27. The van der Waals surface area contributed by atoms with Crippen LogP contribution in [0.3, 0.4) is 0 Å². The van der Waals surface area contributed by atoms with Crippen molar-refractivity contribution in [3.63, 3.8) is 0 Å². The number of carbonyl (C=O) groups excluding carboxylic acids is 1. The molecule has 7 heteroatoms. The number of carbonyl (C=O) groups is 1. The maximum Gasteiger partial charge on any atom is 0.227 e. The van der Waals surface area contributed by atoms with Gasteiger partial charge in [-0.1, -0.05) is 64.1 Å². The fourth-order valence-corrected chi connectivity index (χ4v) is 3.28. The monoisotopic (exact) mass is 388 g/mol. The first-order valence-corrected chi connectivity index (χ1v) is 8.61. The van der Waals surface area contributed by atoms with Gasteiger partial charge in [0.1, 0.15) is 0 Å². The van der Waals surface area contributed by atoms with E-state index in [2.05, 4.69) is 26.1 Å². The highest BCUT2D eigenvalue weighted by Gasteiger charge is 2.18. The van der Waals surface area contributed by atoms with Crippen molar-refractivity contribution in [2.45, 2.75) is 5.16 Å². The van der Waals surface area contributed by atoms with Gasteiger partial charge in [-0.2, -0.15) is 0 Å². The Kier molecular flexibility index (Phi) is 4.78. The van der Waals surface area contributed by atoms with Crippen LogP contribution in [0.4, 0.5) is 0 Å². The van der Waals surface area contributed by atoms with Gasteiger partial charge in [0.25, 0.3) is 0 Å². The molecule has 1 aromatic heterocycles. The molecule has 2 N–H and O–H groups in total. The molecule has 3 aromatic rings. The summed E-state index contributed by atoms with van der Waals surface area (Å²) >= 11 is 4.82. The van der Waals surface area contributed by atoms with Gasteiger partial charge in [0.2, 0.25) is 5.91 Å². The first-order chi connectivity index (χ1) is 11.2. The van der Waals surface area contributed by atoms with E-state index in [1.807, 2.05) is 59.2 Å². The number of hydrogen-bond donors (Lipinski definition) is 1. The Bertz CT molecular complexity index is 835. The van der Waals surface area contributed by atoms with E-state index < -0.39 is 0 Å². The number of para-hydroxylation sites is 1. The molecule has 1 heterocycles. The van der Waals surface area contributed by atoms with Gasteiger partial charge in [-0.15, -0.1) is 10.2 Å². The molecule has 0 unspecified atom stereocenters. The van der Waals surface area contributed by atoms with E-state index in [4.69, 9.17) is 5.73 Å². The molecule has 3 rings (SSSR count). The summed E-state index contributed by atoms with van der Waals surface area (Å²) in [6.45, 7) is 0. The zero-order chi connectivity index (χ0) is 16.2. The molecule has 0 aliphatic rings. The number of nitrogens with zero attached hydrogens (tertiary/aromatic N) is 3. The quantitative estimate of drug-likeness (QED) is 0.680. The van der Waals surface area contributed by atoms with Crippen molar-refractivity contribution in [1.29, 1.82) is 0 Å². The van der Waals surface area contributed by atoms with Crippen LogP contribution in [0.25, 0.3) is 17.1 Å². The van der Waals surface area contributed by atoms with Crippen LogP contribution in [0.1, 0.15) is 0 Å². The van der Waals surface area contributed by atoms with Gasteiger partial charge < -0.3 is 5.73 Å². The molecule has 1 amide bonds. The van der Waals surface area contributed by atoms with Crippen LogP contribution in [0.15, 0.2) is 64.2 Å². The number of aromatic nitrogens is 3. The van der Waals surface area contributed by atoms with Gasteiger partial charge >= 0.3 is 0 Å². The average molecular weight is 389 g/mol. The van der Waals surface area contributed by atoms with Crippen molar-refractivity contribution in [3.05, 3.63) is 59.1 Å². The molecular formula is C16H13BrN4OS. The number of thioether (sulfide) groups is 1.